The number of likely N-dealkylation sites (tertiary alicyclic amines) is 1. The molecule has 3 heteroatoms. The summed E-state index contributed by atoms with van der Waals surface area (Å²) in [7, 11) is 3.84. The maximum atomic E-state index is 5.26. The molecule has 0 aliphatic carbocycles. The molecule has 0 aromatic rings. The lowest BCUT2D eigenvalue weighted by Gasteiger charge is -2.42. The highest BCUT2D eigenvalue weighted by molar-refractivity contribution is 4.86. The molecule has 0 bridgehead atoms. The van der Waals surface area contributed by atoms with Crippen LogP contribution in [0.5, 0.6) is 0 Å². The standard InChI is InChI=1S/C11H24N2O/c1-11(2,9-14-4)13-7-5-10(12-3)6-8-13/h10,12H,5-9H2,1-4H3. The third-order valence-corrected chi connectivity index (χ3v) is 3.26. The van der Waals surface area contributed by atoms with Crippen LogP contribution >= 0.6 is 0 Å². The van der Waals surface area contributed by atoms with Crippen LogP contribution < -0.4 is 5.32 Å². The summed E-state index contributed by atoms with van der Waals surface area (Å²) in [4.78, 5) is 2.53. The number of methoxy groups -OCH3 is 1. The van der Waals surface area contributed by atoms with Crippen molar-refractivity contribution in [1.82, 2.24) is 10.2 Å². The van der Waals surface area contributed by atoms with Crippen LogP contribution in [0.3, 0.4) is 0 Å². The molecule has 1 aliphatic rings. The summed E-state index contributed by atoms with van der Waals surface area (Å²) >= 11 is 0. The lowest BCUT2D eigenvalue weighted by molar-refractivity contribution is 0.0171. The lowest BCUT2D eigenvalue weighted by atomic mass is 9.97. The van der Waals surface area contributed by atoms with Gasteiger partial charge < -0.3 is 10.1 Å². The Morgan fingerprint density at radius 3 is 2.36 bits per heavy atom. The van der Waals surface area contributed by atoms with Gasteiger partial charge in [0.15, 0.2) is 0 Å². The van der Waals surface area contributed by atoms with Crippen molar-refractivity contribution in [3.05, 3.63) is 0 Å². The van der Waals surface area contributed by atoms with E-state index in [1.165, 1.54) is 25.9 Å². The Morgan fingerprint density at radius 1 is 1.36 bits per heavy atom. The summed E-state index contributed by atoms with van der Waals surface area (Å²) in [6.07, 6.45) is 2.51. The maximum Gasteiger partial charge on any atom is 0.0641 e. The van der Waals surface area contributed by atoms with Crippen LogP contribution in [-0.4, -0.2) is 50.3 Å². The molecule has 0 aromatic heterocycles. The molecule has 0 unspecified atom stereocenters. The topological polar surface area (TPSA) is 24.5 Å². The molecule has 0 aromatic carbocycles. The second kappa shape index (κ2) is 5.10. The number of nitrogens with one attached hydrogen (secondary N) is 1. The second-order valence-electron chi connectivity index (χ2n) is 4.80. The molecular weight excluding hydrogens is 176 g/mol. The zero-order valence-electron chi connectivity index (χ0n) is 9.97. The molecule has 0 radical (unpaired) electrons. The molecule has 14 heavy (non-hydrogen) atoms. The van der Waals surface area contributed by atoms with Crippen molar-refractivity contribution in [3.63, 3.8) is 0 Å². The number of hydrogen-bond acceptors (Lipinski definition) is 3. The van der Waals surface area contributed by atoms with Crippen LogP contribution in [0.2, 0.25) is 0 Å². The minimum absolute atomic E-state index is 0.188. The van der Waals surface area contributed by atoms with Gasteiger partial charge in [-0.05, 0) is 33.7 Å². The van der Waals surface area contributed by atoms with E-state index in [0.29, 0.717) is 6.04 Å². The first-order valence-electron chi connectivity index (χ1n) is 5.51. The van der Waals surface area contributed by atoms with E-state index in [9.17, 15) is 0 Å². The second-order valence-corrected chi connectivity index (χ2v) is 4.80. The van der Waals surface area contributed by atoms with Crippen molar-refractivity contribution >= 4 is 0 Å². The van der Waals surface area contributed by atoms with Gasteiger partial charge in [0.05, 0.1) is 6.61 Å². The summed E-state index contributed by atoms with van der Waals surface area (Å²) in [6.45, 7) is 7.70. The smallest absolute Gasteiger partial charge is 0.0641 e. The van der Waals surface area contributed by atoms with Gasteiger partial charge in [-0.1, -0.05) is 0 Å². The average Bonchev–Trinajstić information content (AvgIpc) is 2.18. The van der Waals surface area contributed by atoms with E-state index in [4.69, 9.17) is 4.74 Å². The van der Waals surface area contributed by atoms with Crippen LogP contribution in [0.1, 0.15) is 26.7 Å². The lowest BCUT2D eigenvalue weighted by Crippen LogP contribution is -2.53. The fourth-order valence-corrected chi connectivity index (χ4v) is 2.22. The number of rotatable bonds is 4. The first-order chi connectivity index (χ1) is 6.60. The molecule has 1 rings (SSSR count). The molecule has 1 N–H and O–H groups in total. The van der Waals surface area contributed by atoms with Crippen molar-refractivity contribution < 1.29 is 4.74 Å². The van der Waals surface area contributed by atoms with E-state index >= 15 is 0 Å². The SMILES string of the molecule is CNC1CCN(C(C)(C)COC)CC1. The van der Waals surface area contributed by atoms with Crippen molar-refractivity contribution in [2.24, 2.45) is 0 Å². The fourth-order valence-electron chi connectivity index (χ4n) is 2.22. The molecule has 0 amide bonds. The maximum absolute atomic E-state index is 5.26. The third-order valence-electron chi connectivity index (χ3n) is 3.26. The number of ether oxygens (including phenoxy) is 1. The van der Waals surface area contributed by atoms with Crippen LogP contribution in [0.4, 0.5) is 0 Å². The first kappa shape index (κ1) is 12.0. The zero-order valence-corrected chi connectivity index (χ0v) is 9.97. The highest BCUT2D eigenvalue weighted by atomic mass is 16.5. The Hall–Kier alpha value is -0.120. The van der Waals surface area contributed by atoms with Gasteiger partial charge >= 0.3 is 0 Å². The van der Waals surface area contributed by atoms with Gasteiger partial charge in [0.2, 0.25) is 0 Å². The summed E-state index contributed by atoms with van der Waals surface area (Å²) in [6, 6.07) is 0.713. The van der Waals surface area contributed by atoms with Crippen molar-refractivity contribution in [2.75, 3.05) is 33.9 Å². The third kappa shape index (κ3) is 2.94. The summed E-state index contributed by atoms with van der Waals surface area (Å²) in [5, 5.41) is 3.35. The normalized spacial score (nSPS) is 21.4. The number of hydrogen-bond donors (Lipinski definition) is 1. The van der Waals surface area contributed by atoms with E-state index in [1.807, 2.05) is 0 Å². The van der Waals surface area contributed by atoms with Crippen LogP contribution in [0.15, 0.2) is 0 Å². The van der Waals surface area contributed by atoms with Gasteiger partial charge in [0, 0.05) is 31.8 Å². The Bertz CT molecular complexity index is 163. The Balaban J connectivity index is 2.40. The summed E-state index contributed by atoms with van der Waals surface area (Å²) < 4.78 is 5.26. The van der Waals surface area contributed by atoms with Gasteiger partial charge in [-0.25, -0.2) is 0 Å². The van der Waals surface area contributed by atoms with Crippen LogP contribution in [-0.2, 0) is 4.74 Å². The zero-order chi connectivity index (χ0) is 10.6. The highest BCUT2D eigenvalue weighted by Crippen LogP contribution is 2.20. The Morgan fingerprint density at radius 2 is 1.93 bits per heavy atom. The molecule has 1 aliphatic heterocycles. The fraction of sp³-hybridized carbons (Fsp3) is 1.00. The van der Waals surface area contributed by atoms with E-state index in [0.717, 1.165) is 6.61 Å². The minimum atomic E-state index is 0.188. The number of nitrogens with zero attached hydrogens (tertiary/aromatic N) is 1. The highest BCUT2D eigenvalue weighted by Gasteiger charge is 2.29. The van der Waals surface area contributed by atoms with Crippen molar-refractivity contribution in [2.45, 2.75) is 38.3 Å². The molecule has 3 nitrogen and oxygen atoms in total. The van der Waals surface area contributed by atoms with Crippen LogP contribution in [0, 0.1) is 0 Å². The van der Waals surface area contributed by atoms with E-state index in [-0.39, 0.29) is 5.54 Å². The largest absolute Gasteiger partial charge is 0.383 e. The first-order valence-corrected chi connectivity index (χ1v) is 5.51. The average molecular weight is 200 g/mol. The molecule has 0 spiro atoms. The monoisotopic (exact) mass is 200 g/mol. The van der Waals surface area contributed by atoms with Crippen molar-refractivity contribution in [3.8, 4) is 0 Å². The molecule has 1 fully saturated rings. The van der Waals surface area contributed by atoms with Gasteiger partial charge in [-0.3, -0.25) is 4.90 Å². The number of piperidine rings is 1. The van der Waals surface area contributed by atoms with Gasteiger partial charge in [0.1, 0.15) is 0 Å². The molecule has 1 saturated heterocycles. The molecule has 0 atom stereocenters. The Labute approximate surface area is 87.8 Å². The van der Waals surface area contributed by atoms with Crippen LogP contribution in [0.25, 0.3) is 0 Å². The quantitative estimate of drug-likeness (QED) is 0.735. The van der Waals surface area contributed by atoms with Gasteiger partial charge in [0.25, 0.3) is 0 Å². The van der Waals surface area contributed by atoms with E-state index in [1.54, 1.807) is 7.11 Å². The summed E-state index contributed by atoms with van der Waals surface area (Å²) in [5.74, 6) is 0. The minimum Gasteiger partial charge on any atom is -0.383 e. The molecule has 1 heterocycles. The summed E-state index contributed by atoms with van der Waals surface area (Å²) in [5.41, 5.74) is 0.188. The van der Waals surface area contributed by atoms with Gasteiger partial charge in [-0.15, -0.1) is 0 Å². The predicted octanol–water partition coefficient (Wildman–Crippen LogP) is 1.10. The predicted molar refractivity (Wildman–Crippen MR) is 59.6 cm³/mol. The van der Waals surface area contributed by atoms with E-state index < -0.39 is 0 Å². The Kier molecular flexibility index (Phi) is 4.35. The molecule has 84 valence electrons. The van der Waals surface area contributed by atoms with E-state index in [2.05, 4.69) is 31.1 Å². The van der Waals surface area contributed by atoms with Gasteiger partial charge in [-0.2, -0.15) is 0 Å². The molecule has 0 saturated carbocycles. The van der Waals surface area contributed by atoms with Crippen molar-refractivity contribution in [1.29, 1.82) is 0 Å². The molecular formula is C11H24N2O.